The van der Waals surface area contributed by atoms with Crippen LogP contribution in [0.4, 0.5) is 5.69 Å². The number of ether oxygens (including phenoxy) is 1. The molecular formula is C11H12N4O2. The quantitative estimate of drug-likeness (QED) is 0.827. The Bertz CT molecular complexity index is 545. The molecule has 0 spiro atoms. The van der Waals surface area contributed by atoms with Crippen molar-refractivity contribution in [3.63, 3.8) is 0 Å². The molecule has 1 aliphatic heterocycles. The van der Waals surface area contributed by atoms with Gasteiger partial charge in [-0.25, -0.2) is 0 Å². The normalized spacial score (nSPS) is 19.6. The van der Waals surface area contributed by atoms with Gasteiger partial charge in [-0.3, -0.25) is 9.20 Å². The molecule has 1 unspecified atom stereocenters. The molecule has 1 N–H and O–H groups in total. The van der Waals surface area contributed by atoms with E-state index in [0.29, 0.717) is 24.5 Å². The second kappa shape index (κ2) is 4.14. The second-order valence-corrected chi connectivity index (χ2v) is 4.03. The molecule has 0 aliphatic carbocycles. The number of nitrogens with zero attached hydrogens (tertiary/aromatic N) is 3. The smallest absolute Gasteiger partial charge is 0.230 e. The number of rotatable bonds is 2. The van der Waals surface area contributed by atoms with Gasteiger partial charge < -0.3 is 10.1 Å². The van der Waals surface area contributed by atoms with E-state index in [0.717, 1.165) is 6.42 Å². The molecule has 3 heterocycles. The Labute approximate surface area is 97.6 Å². The predicted molar refractivity (Wildman–Crippen MR) is 60.5 cm³/mol. The van der Waals surface area contributed by atoms with E-state index in [-0.39, 0.29) is 11.8 Å². The van der Waals surface area contributed by atoms with Crippen molar-refractivity contribution in [1.82, 2.24) is 14.6 Å². The summed E-state index contributed by atoms with van der Waals surface area (Å²) in [4.78, 5) is 11.9. The predicted octanol–water partition coefficient (Wildman–Crippen LogP) is 0.704. The average Bonchev–Trinajstić information content (AvgIpc) is 3.00. The first-order valence-corrected chi connectivity index (χ1v) is 5.51. The van der Waals surface area contributed by atoms with Crippen LogP contribution in [0.1, 0.15) is 6.42 Å². The van der Waals surface area contributed by atoms with Gasteiger partial charge in [-0.05, 0) is 18.6 Å². The number of carbonyl (C=O) groups excluding carboxylic acids is 1. The molecule has 3 rings (SSSR count). The minimum atomic E-state index is -0.0572. The van der Waals surface area contributed by atoms with E-state index in [1.54, 1.807) is 10.7 Å². The molecule has 88 valence electrons. The fourth-order valence-electron chi connectivity index (χ4n) is 1.92. The Morgan fingerprint density at radius 1 is 1.59 bits per heavy atom. The van der Waals surface area contributed by atoms with Crippen LogP contribution < -0.4 is 5.32 Å². The van der Waals surface area contributed by atoms with Gasteiger partial charge in [0.25, 0.3) is 0 Å². The molecule has 0 bridgehead atoms. The largest absolute Gasteiger partial charge is 0.381 e. The van der Waals surface area contributed by atoms with Crippen LogP contribution >= 0.6 is 0 Å². The first kappa shape index (κ1) is 10.2. The molecule has 0 saturated carbocycles. The molecule has 1 atom stereocenters. The van der Waals surface area contributed by atoms with Crippen LogP contribution in [0.15, 0.2) is 24.7 Å². The lowest BCUT2D eigenvalue weighted by molar-refractivity contribution is -0.119. The third kappa shape index (κ3) is 1.87. The lowest BCUT2D eigenvalue weighted by Crippen LogP contribution is -2.23. The zero-order chi connectivity index (χ0) is 11.7. The number of anilines is 1. The highest BCUT2D eigenvalue weighted by atomic mass is 16.5. The summed E-state index contributed by atoms with van der Waals surface area (Å²) >= 11 is 0. The van der Waals surface area contributed by atoms with E-state index < -0.39 is 0 Å². The maximum absolute atomic E-state index is 11.9. The number of hydrogen-bond donors (Lipinski definition) is 1. The van der Waals surface area contributed by atoms with Crippen molar-refractivity contribution < 1.29 is 9.53 Å². The number of aromatic nitrogens is 3. The van der Waals surface area contributed by atoms with E-state index in [9.17, 15) is 4.79 Å². The molecule has 1 aliphatic rings. The maximum atomic E-state index is 11.9. The summed E-state index contributed by atoms with van der Waals surface area (Å²) in [7, 11) is 0. The lowest BCUT2D eigenvalue weighted by atomic mass is 10.1. The SMILES string of the molecule is O=C(Nc1cccn2cnnc12)C1CCOC1. The van der Waals surface area contributed by atoms with E-state index in [1.807, 2.05) is 18.3 Å². The van der Waals surface area contributed by atoms with Gasteiger partial charge >= 0.3 is 0 Å². The molecule has 1 fully saturated rings. The van der Waals surface area contributed by atoms with Crippen molar-refractivity contribution >= 4 is 17.2 Å². The van der Waals surface area contributed by atoms with Crippen LogP contribution in [0.25, 0.3) is 5.65 Å². The number of fused-ring (bicyclic) bond motifs is 1. The fraction of sp³-hybridized carbons (Fsp3) is 0.364. The highest BCUT2D eigenvalue weighted by Crippen LogP contribution is 2.18. The van der Waals surface area contributed by atoms with Gasteiger partial charge in [0.05, 0.1) is 18.2 Å². The van der Waals surface area contributed by atoms with Crippen molar-refractivity contribution in [2.75, 3.05) is 18.5 Å². The van der Waals surface area contributed by atoms with Crippen LogP contribution in [0, 0.1) is 5.92 Å². The van der Waals surface area contributed by atoms with Crippen LogP contribution in [-0.4, -0.2) is 33.7 Å². The van der Waals surface area contributed by atoms with Crippen LogP contribution in [-0.2, 0) is 9.53 Å². The summed E-state index contributed by atoms with van der Waals surface area (Å²) < 4.78 is 6.96. The van der Waals surface area contributed by atoms with E-state index in [1.165, 1.54) is 0 Å². The number of pyridine rings is 1. The topological polar surface area (TPSA) is 68.5 Å². The molecule has 0 radical (unpaired) electrons. The molecular weight excluding hydrogens is 220 g/mol. The number of carbonyl (C=O) groups is 1. The van der Waals surface area contributed by atoms with Crippen molar-refractivity contribution in [2.45, 2.75) is 6.42 Å². The molecule has 17 heavy (non-hydrogen) atoms. The number of nitrogens with one attached hydrogen (secondary N) is 1. The van der Waals surface area contributed by atoms with Crippen molar-refractivity contribution in [3.8, 4) is 0 Å². The summed E-state index contributed by atoms with van der Waals surface area (Å²) in [6, 6.07) is 3.66. The van der Waals surface area contributed by atoms with Gasteiger partial charge in [-0.2, -0.15) is 0 Å². The molecule has 1 saturated heterocycles. The molecule has 6 heteroatoms. The third-order valence-electron chi connectivity index (χ3n) is 2.88. The Kier molecular flexibility index (Phi) is 2.49. The van der Waals surface area contributed by atoms with Gasteiger partial charge in [0.2, 0.25) is 5.91 Å². The summed E-state index contributed by atoms with van der Waals surface area (Å²) in [6.45, 7) is 1.16. The third-order valence-corrected chi connectivity index (χ3v) is 2.88. The molecule has 1 amide bonds. The maximum Gasteiger partial charge on any atom is 0.230 e. The fourth-order valence-corrected chi connectivity index (χ4v) is 1.92. The summed E-state index contributed by atoms with van der Waals surface area (Å²) in [5, 5.41) is 10.6. The monoisotopic (exact) mass is 232 g/mol. The molecule has 0 aromatic carbocycles. The lowest BCUT2D eigenvalue weighted by Gasteiger charge is -2.09. The van der Waals surface area contributed by atoms with Gasteiger partial charge in [0.15, 0.2) is 5.65 Å². The number of hydrogen-bond acceptors (Lipinski definition) is 4. The van der Waals surface area contributed by atoms with Gasteiger partial charge in [-0.1, -0.05) is 0 Å². The summed E-state index contributed by atoms with van der Waals surface area (Å²) in [6.07, 6.45) is 4.22. The minimum absolute atomic E-state index is 0.0152. The van der Waals surface area contributed by atoms with Crippen molar-refractivity contribution in [1.29, 1.82) is 0 Å². The Balaban J connectivity index is 1.84. The minimum Gasteiger partial charge on any atom is -0.381 e. The van der Waals surface area contributed by atoms with E-state index in [4.69, 9.17) is 4.74 Å². The first-order valence-electron chi connectivity index (χ1n) is 5.51. The second-order valence-electron chi connectivity index (χ2n) is 4.03. The molecule has 2 aromatic heterocycles. The summed E-state index contributed by atoms with van der Waals surface area (Å²) in [5.74, 6) is -0.0724. The van der Waals surface area contributed by atoms with Gasteiger partial charge in [0.1, 0.15) is 6.33 Å². The molecule has 2 aromatic rings. The first-order chi connectivity index (χ1) is 8.34. The van der Waals surface area contributed by atoms with E-state index >= 15 is 0 Å². The van der Waals surface area contributed by atoms with Crippen molar-refractivity contribution in [2.24, 2.45) is 5.92 Å². The zero-order valence-electron chi connectivity index (χ0n) is 9.17. The van der Waals surface area contributed by atoms with E-state index in [2.05, 4.69) is 15.5 Å². The van der Waals surface area contributed by atoms with Gasteiger partial charge in [0, 0.05) is 12.8 Å². The van der Waals surface area contributed by atoms with Crippen LogP contribution in [0.5, 0.6) is 0 Å². The Morgan fingerprint density at radius 3 is 3.35 bits per heavy atom. The number of amides is 1. The van der Waals surface area contributed by atoms with Crippen LogP contribution in [0.2, 0.25) is 0 Å². The highest BCUT2D eigenvalue weighted by molar-refractivity contribution is 5.95. The molecule has 6 nitrogen and oxygen atoms in total. The highest BCUT2D eigenvalue weighted by Gasteiger charge is 2.24. The van der Waals surface area contributed by atoms with Gasteiger partial charge in [-0.15, -0.1) is 10.2 Å². The zero-order valence-corrected chi connectivity index (χ0v) is 9.17. The van der Waals surface area contributed by atoms with Crippen LogP contribution in [0.3, 0.4) is 0 Å². The Morgan fingerprint density at radius 2 is 2.53 bits per heavy atom. The summed E-state index contributed by atoms with van der Waals surface area (Å²) in [5.41, 5.74) is 1.33. The average molecular weight is 232 g/mol. The standard InChI is InChI=1S/C11H12N4O2/c16-11(8-3-5-17-6-8)13-9-2-1-4-15-7-12-14-10(9)15/h1-2,4,7-8H,3,5-6H2,(H,13,16). The Hall–Kier alpha value is -1.95. The van der Waals surface area contributed by atoms with Crippen molar-refractivity contribution in [3.05, 3.63) is 24.7 Å².